The highest BCUT2D eigenvalue weighted by atomic mass is 32.1. The number of aryl methyl sites for hydroxylation is 1. The summed E-state index contributed by atoms with van der Waals surface area (Å²) in [7, 11) is 2.04. The summed E-state index contributed by atoms with van der Waals surface area (Å²) < 4.78 is 8.18. The van der Waals surface area contributed by atoms with Crippen LogP contribution in [0.25, 0.3) is 21.7 Å². The first-order valence-electron chi connectivity index (χ1n) is 12.6. The third kappa shape index (κ3) is 6.92. The molecule has 0 amide bonds. The molecule has 4 aromatic rings. The van der Waals surface area contributed by atoms with E-state index in [-0.39, 0.29) is 47.9 Å². The van der Waals surface area contributed by atoms with Gasteiger partial charge in [0.15, 0.2) is 0 Å². The van der Waals surface area contributed by atoms with Crippen molar-refractivity contribution in [1.82, 2.24) is 9.47 Å². The molecule has 1 aromatic heterocycles. The van der Waals surface area contributed by atoms with Crippen molar-refractivity contribution in [1.29, 1.82) is 0 Å². The van der Waals surface area contributed by atoms with Crippen molar-refractivity contribution < 1.29 is 9.84 Å². The van der Waals surface area contributed by atoms with Gasteiger partial charge >= 0.3 is 0 Å². The van der Waals surface area contributed by atoms with Gasteiger partial charge in [-0.2, -0.15) is 40.5 Å². The maximum atomic E-state index is 10.9. The molecule has 0 radical (unpaired) electrons. The summed E-state index contributed by atoms with van der Waals surface area (Å²) >= 11 is 0. The van der Waals surface area contributed by atoms with Crippen LogP contribution in [0.2, 0.25) is 0 Å². The van der Waals surface area contributed by atoms with Crippen molar-refractivity contribution >= 4 is 67.8 Å². The fourth-order valence-electron chi connectivity index (χ4n) is 5.75. The van der Waals surface area contributed by atoms with Crippen LogP contribution >= 0.6 is 40.5 Å². The zero-order valence-corrected chi connectivity index (χ0v) is 24.8. The number of rotatable bonds is 6. The van der Waals surface area contributed by atoms with Crippen molar-refractivity contribution in [3.63, 3.8) is 0 Å². The van der Waals surface area contributed by atoms with Crippen LogP contribution in [0.4, 0.5) is 5.69 Å². The van der Waals surface area contributed by atoms with Gasteiger partial charge in [-0.1, -0.05) is 56.0 Å². The second kappa shape index (κ2) is 14.4. The quantitative estimate of drug-likeness (QED) is 0.284. The molecule has 2 bridgehead atoms. The highest BCUT2D eigenvalue weighted by molar-refractivity contribution is 7.59. The van der Waals surface area contributed by atoms with Crippen LogP contribution in [0.5, 0.6) is 5.75 Å². The maximum Gasteiger partial charge on any atom is 0.128 e. The number of nitrogens with zero attached hydrogens (tertiary/aromatic N) is 3. The Morgan fingerprint density at radius 2 is 1.62 bits per heavy atom. The summed E-state index contributed by atoms with van der Waals surface area (Å²) in [6, 6.07) is 24.3. The monoisotopic (exact) mass is 585 g/mol. The molecule has 39 heavy (non-hydrogen) atoms. The molecule has 4 heterocycles. The number of ether oxygens (including phenoxy) is 1. The Kier molecular flexibility index (Phi) is 12.2. The molecule has 8 heteroatoms. The lowest BCUT2D eigenvalue weighted by Crippen LogP contribution is -2.60. The lowest BCUT2D eigenvalue weighted by molar-refractivity contribution is 0.0409. The van der Waals surface area contributed by atoms with Crippen molar-refractivity contribution in [2.75, 3.05) is 31.1 Å². The lowest BCUT2D eigenvalue weighted by Gasteiger charge is -2.48. The van der Waals surface area contributed by atoms with Crippen LogP contribution < -0.4 is 9.64 Å². The third-order valence-corrected chi connectivity index (χ3v) is 7.62. The van der Waals surface area contributed by atoms with Gasteiger partial charge in [-0.3, -0.25) is 4.90 Å². The molecule has 0 unspecified atom stereocenters. The van der Waals surface area contributed by atoms with Gasteiger partial charge in [-0.15, -0.1) is 0 Å². The Bertz CT molecular complexity index is 1380. The number of anilines is 1. The summed E-state index contributed by atoms with van der Waals surface area (Å²) in [5.74, 6) is 0.835. The molecule has 7 rings (SSSR count). The van der Waals surface area contributed by atoms with E-state index in [9.17, 15) is 5.11 Å². The van der Waals surface area contributed by atoms with Gasteiger partial charge in [0.05, 0.1) is 5.52 Å². The minimum Gasteiger partial charge on any atom is -0.490 e. The van der Waals surface area contributed by atoms with Crippen LogP contribution in [0.3, 0.4) is 0 Å². The number of aliphatic hydroxyl groups is 1. The average molecular weight is 586 g/mol. The van der Waals surface area contributed by atoms with E-state index in [0.717, 1.165) is 42.6 Å². The van der Waals surface area contributed by atoms with Gasteiger partial charge in [0.2, 0.25) is 0 Å². The molecule has 1 saturated heterocycles. The predicted octanol–water partition coefficient (Wildman–Crippen LogP) is 5.96. The highest BCUT2D eigenvalue weighted by Gasteiger charge is 2.35. The SMILES string of the molecule is C.Cn1ccc2c(OC[C@@H](O)CN3C[C@@H]4C/C=C\C[C@H]3CN4c3ccc4ccccc4c3)cccc21.S.S.S. The molecule has 0 aliphatic carbocycles. The van der Waals surface area contributed by atoms with E-state index in [2.05, 4.69) is 81.1 Å². The van der Waals surface area contributed by atoms with E-state index >= 15 is 0 Å². The fourth-order valence-corrected chi connectivity index (χ4v) is 5.75. The van der Waals surface area contributed by atoms with Crippen LogP contribution in [0.1, 0.15) is 20.3 Å². The smallest absolute Gasteiger partial charge is 0.128 e. The third-order valence-electron chi connectivity index (χ3n) is 7.62. The summed E-state index contributed by atoms with van der Waals surface area (Å²) in [6.45, 7) is 2.86. The van der Waals surface area contributed by atoms with Gasteiger partial charge in [0.25, 0.3) is 0 Å². The first kappa shape index (κ1) is 33.0. The van der Waals surface area contributed by atoms with Crippen molar-refractivity contribution in [3.8, 4) is 5.75 Å². The maximum absolute atomic E-state index is 10.9. The molecular formula is C31H43N3O2S3. The molecule has 3 aromatic carbocycles. The number of piperazine rings is 1. The molecule has 212 valence electrons. The molecular weight excluding hydrogens is 543 g/mol. The van der Waals surface area contributed by atoms with E-state index in [1.807, 2.05) is 25.4 Å². The lowest BCUT2D eigenvalue weighted by atomic mass is 9.96. The largest absolute Gasteiger partial charge is 0.490 e. The predicted molar refractivity (Wildman–Crippen MR) is 181 cm³/mol. The van der Waals surface area contributed by atoms with E-state index in [1.54, 1.807) is 0 Å². The zero-order valence-electron chi connectivity index (χ0n) is 21.8. The number of aromatic nitrogens is 1. The summed E-state index contributed by atoms with van der Waals surface area (Å²) in [4.78, 5) is 5.05. The van der Waals surface area contributed by atoms with Crippen LogP contribution in [0, 0.1) is 0 Å². The normalized spacial score (nSPS) is 20.0. The van der Waals surface area contributed by atoms with Crippen molar-refractivity contribution in [2.24, 2.45) is 7.05 Å². The van der Waals surface area contributed by atoms with E-state index in [1.165, 1.54) is 16.5 Å². The van der Waals surface area contributed by atoms with Crippen molar-refractivity contribution in [2.45, 2.75) is 38.5 Å². The van der Waals surface area contributed by atoms with Gasteiger partial charge in [0.1, 0.15) is 18.5 Å². The van der Waals surface area contributed by atoms with Gasteiger partial charge < -0.3 is 19.3 Å². The highest BCUT2D eigenvalue weighted by Crippen LogP contribution is 2.31. The minimum atomic E-state index is -0.534. The Balaban J connectivity index is 0.00000133. The van der Waals surface area contributed by atoms with E-state index in [4.69, 9.17) is 4.74 Å². The summed E-state index contributed by atoms with van der Waals surface area (Å²) in [5.41, 5.74) is 2.44. The minimum absolute atomic E-state index is 0. The molecule has 5 nitrogen and oxygen atoms in total. The number of fused-ring (bicyclic) bond motifs is 6. The van der Waals surface area contributed by atoms with Crippen LogP contribution in [-0.4, -0.2) is 59.0 Å². The Hall–Kier alpha value is -2.23. The summed E-state index contributed by atoms with van der Waals surface area (Å²) in [6.07, 6.45) is 8.20. The number of aliphatic hydroxyl groups excluding tert-OH is 1. The number of hydrogen-bond donors (Lipinski definition) is 1. The molecule has 3 aliphatic heterocycles. The molecule has 3 atom stereocenters. The Labute approximate surface area is 253 Å². The topological polar surface area (TPSA) is 40.9 Å². The molecule has 1 N–H and O–H groups in total. The second-order valence-electron chi connectivity index (χ2n) is 9.97. The van der Waals surface area contributed by atoms with Crippen molar-refractivity contribution in [3.05, 3.63) is 85.1 Å². The fraction of sp³-hybridized carbons (Fsp3) is 0.355. The first-order chi connectivity index (χ1) is 17.2. The van der Waals surface area contributed by atoms with Gasteiger partial charge in [-0.25, -0.2) is 0 Å². The average Bonchev–Trinajstić information content (AvgIpc) is 3.24. The van der Waals surface area contributed by atoms with Gasteiger partial charge in [-0.05, 0) is 53.9 Å². The standard InChI is InChI=1S/C30H33N3O2.CH4.3H2S/c1-31-16-15-28-29(31)11-6-12-30(28)35-21-27(34)20-32-18-26-10-5-4-9-25(32)19-33(26)24-14-13-22-7-2-3-8-23(22)17-24;;;;/h2-8,11-17,25-27,34H,9-10,18-21H2,1H3;1H4;3*1H2/b5-4-;;;;/t25-,26-,27-;;;;/m0..../s1. The van der Waals surface area contributed by atoms with Gasteiger partial charge in [0, 0.05) is 56.0 Å². The molecule has 0 spiro atoms. The number of hydrogen-bond acceptors (Lipinski definition) is 4. The molecule has 3 aliphatic rings. The van der Waals surface area contributed by atoms with E-state index in [0.29, 0.717) is 25.2 Å². The Morgan fingerprint density at radius 1 is 0.872 bits per heavy atom. The molecule has 0 saturated carbocycles. The summed E-state index contributed by atoms with van der Waals surface area (Å²) in [5, 5.41) is 14.6. The van der Waals surface area contributed by atoms with E-state index < -0.39 is 6.10 Å². The second-order valence-corrected chi connectivity index (χ2v) is 9.97. The Morgan fingerprint density at radius 3 is 2.41 bits per heavy atom. The first-order valence-corrected chi connectivity index (χ1v) is 12.6. The number of benzene rings is 3. The molecule has 1 fully saturated rings. The van der Waals surface area contributed by atoms with Crippen LogP contribution in [0.15, 0.2) is 85.1 Å². The van der Waals surface area contributed by atoms with Crippen LogP contribution in [-0.2, 0) is 7.05 Å². The zero-order chi connectivity index (χ0) is 23.8.